The standard InChI is InChI=1S/C33H34F3N3O4/c1-2-23-20-43-31-26(23)16-24(17-28(31)39-13-7-12-30(39)41)32(42)38-27(15-21-8-4-3-5-9-21)29(40)19-37-18-22-10-6-11-25(14-22)33(34,35)36/h3-6,8-11,14,16-17,20,27,29,37,40H,2,7,12-13,15,18-19H2,1H3,(H,38,42)/t27-,29-/m0/s1. The van der Waals surface area contributed by atoms with Gasteiger partial charge in [-0.15, -0.1) is 0 Å². The van der Waals surface area contributed by atoms with Crippen molar-refractivity contribution in [1.82, 2.24) is 10.6 Å². The van der Waals surface area contributed by atoms with Crippen LogP contribution in [0.5, 0.6) is 0 Å². The number of hydrogen-bond donors (Lipinski definition) is 3. The van der Waals surface area contributed by atoms with Gasteiger partial charge in [-0.3, -0.25) is 9.59 Å². The van der Waals surface area contributed by atoms with E-state index < -0.39 is 29.8 Å². The number of aliphatic hydroxyl groups is 1. The number of anilines is 1. The minimum Gasteiger partial charge on any atom is -0.462 e. The second-order valence-electron chi connectivity index (χ2n) is 10.8. The van der Waals surface area contributed by atoms with Crippen LogP contribution in [0, 0.1) is 0 Å². The van der Waals surface area contributed by atoms with Crippen LogP contribution in [0.2, 0.25) is 0 Å². The maximum Gasteiger partial charge on any atom is 0.416 e. The molecule has 226 valence electrons. The number of hydrogen-bond acceptors (Lipinski definition) is 5. The lowest BCUT2D eigenvalue weighted by Gasteiger charge is -2.25. The molecule has 10 heteroatoms. The van der Waals surface area contributed by atoms with Crippen LogP contribution in [0.3, 0.4) is 0 Å². The number of aliphatic hydroxyl groups excluding tert-OH is 1. The lowest BCUT2D eigenvalue weighted by atomic mass is 9.99. The molecule has 1 aliphatic heterocycles. The Morgan fingerprint density at radius 1 is 1.07 bits per heavy atom. The van der Waals surface area contributed by atoms with E-state index in [1.54, 1.807) is 29.4 Å². The fourth-order valence-corrected chi connectivity index (χ4v) is 5.44. The summed E-state index contributed by atoms with van der Waals surface area (Å²) in [5, 5.41) is 17.9. The predicted octanol–water partition coefficient (Wildman–Crippen LogP) is 5.63. The summed E-state index contributed by atoms with van der Waals surface area (Å²) >= 11 is 0. The zero-order chi connectivity index (χ0) is 30.6. The molecule has 0 bridgehead atoms. The first-order valence-electron chi connectivity index (χ1n) is 14.4. The third kappa shape index (κ3) is 7.09. The molecule has 1 aliphatic rings. The van der Waals surface area contributed by atoms with Crippen LogP contribution in [0.1, 0.15) is 52.4 Å². The summed E-state index contributed by atoms with van der Waals surface area (Å²) in [6.07, 6.45) is -1.70. The third-order valence-corrected chi connectivity index (χ3v) is 7.76. The number of amides is 2. The van der Waals surface area contributed by atoms with Crippen molar-refractivity contribution in [1.29, 1.82) is 0 Å². The van der Waals surface area contributed by atoms with E-state index in [2.05, 4.69) is 10.6 Å². The van der Waals surface area contributed by atoms with Crippen molar-refractivity contribution in [2.75, 3.05) is 18.0 Å². The van der Waals surface area contributed by atoms with Crippen molar-refractivity contribution >= 4 is 28.5 Å². The van der Waals surface area contributed by atoms with E-state index in [9.17, 15) is 27.9 Å². The monoisotopic (exact) mass is 593 g/mol. The summed E-state index contributed by atoms with van der Waals surface area (Å²) in [5.41, 5.74) is 2.94. The molecule has 7 nitrogen and oxygen atoms in total. The SMILES string of the molecule is CCc1coc2c(N3CCCC3=O)cc(C(=O)N[C@@H](Cc3ccccc3)[C@@H](O)CNCc3cccc(C(F)(F)F)c3)cc12. The molecule has 3 aromatic carbocycles. The van der Waals surface area contributed by atoms with Gasteiger partial charge in [0.1, 0.15) is 0 Å². The molecule has 2 atom stereocenters. The van der Waals surface area contributed by atoms with Crippen molar-refractivity contribution in [3.05, 3.63) is 101 Å². The fourth-order valence-electron chi connectivity index (χ4n) is 5.44. The van der Waals surface area contributed by atoms with Crippen molar-refractivity contribution in [3.8, 4) is 0 Å². The largest absolute Gasteiger partial charge is 0.462 e. The van der Waals surface area contributed by atoms with Crippen molar-refractivity contribution in [2.45, 2.75) is 57.5 Å². The van der Waals surface area contributed by atoms with Crippen LogP contribution in [-0.4, -0.2) is 42.2 Å². The van der Waals surface area contributed by atoms with Gasteiger partial charge in [0.05, 0.1) is 29.7 Å². The van der Waals surface area contributed by atoms with Gasteiger partial charge < -0.3 is 25.1 Å². The second kappa shape index (κ2) is 13.0. The van der Waals surface area contributed by atoms with Crippen LogP contribution in [0.4, 0.5) is 18.9 Å². The minimum absolute atomic E-state index is 0.0301. The van der Waals surface area contributed by atoms with Gasteiger partial charge in [0.15, 0.2) is 5.58 Å². The normalized spacial score (nSPS) is 15.2. The van der Waals surface area contributed by atoms with E-state index in [1.165, 1.54) is 6.07 Å². The van der Waals surface area contributed by atoms with Crippen molar-refractivity contribution in [3.63, 3.8) is 0 Å². The molecule has 43 heavy (non-hydrogen) atoms. The first kappa shape index (κ1) is 30.3. The van der Waals surface area contributed by atoms with Gasteiger partial charge in [0.2, 0.25) is 5.91 Å². The highest BCUT2D eigenvalue weighted by Crippen LogP contribution is 2.35. The summed E-state index contributed by atoms with van der Waals surface area (Å²) in [6, 6.07) is 17.1. The molecule has 2 heterocycles. The Bertz CT molecular complexity index is 1590. The fraction of sp³-hybridized carbons (Fsp3) is 0.333. The van der Waals surface area contributed by atoms with E-state index in [0.29, 0.717) is 48.2 Å². The predicted molar refractivity (Wildman–Crippen MR) is 158 cm³/mol. The highest BCUT2D eigenvalue weighted by Gasteiger charge is 2.31. The summed E-state index contributed by atoms with van der Waals surface area (Å²) in [4.78, 5) is 28.0. The number of aryl methyl sites for hydroxylation is 1. The zero-order valence-electron chi connectivity index (χ0n) is 23.8. The lowest BCUT2D eigenvalue weighted by molar-refractivity contribution is -0.137. The number of furan rings is 1. The molecule has 4 aromatic rings. The molecule has 0 saturated carbocycles. The number of rotatable bonds is 11. The Kier molecular flexibility index (Phi) is 9.17. The molecular weight excluding hydrogens is 559 g/mol. The van der Waals surface area contributed by atoms with E-state index in [1.807, 2.05) is 37.3 Å². The average Bonchev–Trinajstić information content (AvgIpc) is 3.62. The summed E-state index contributed by atoms with van der Waals surface area (Å²) in [6.45, 7) is 2.66. The van der Waals surface area contributed by atoms with E-state index in [-0.39, 0.29) is 19.0 Å². The minimum atomic E-state index is -4.44. The van der Waals surface area contributed by atoms with E-state index in [0.717, 1.165) is 35.1 Å². The summed E-state index contributed by atoms with van der Waals surface area (Å²) in [5.74, 6) is -0.451. The van der Waals surface area contributed by atoms with Gasteiger partial charge in [-0.25, -0.2) is 0 Å². The van der Waals surface area contributed by atoms with Crippen LogP contribution in [0.15, 0.2) is 77.4 Å². The molecule has 3 N–H and O–H groups in total. The highest BCUT2D eigenvalue weighted by molar-refractivity contribution is 6.07. The first-order chi connectivity index (χ1) is 20.6. The Labute approximate surface area is 247 Å². The topological polar surface area (TPSA) is 94.8 Å². The van der Waals surface area contributed by atoms with Crippen LogP contribution in [0.25, 0.3) is 11.0 Å². The first-order valence-corrected chi connectivity index (χ1v) is 14.4. The second-order valence-corrected chi connectivity index (χ2v) is 10.8. The average molecular weight is 594 g/mol. The molecule has 0 radical (unpaired) electrons. The quantitative estimate of drug-likeness (QED) is 0.210. The number of carbonyl (C=O) groups excluding carboxylic acids is 2. The molecule has 5 rings (SSSR count). The third-order valence-electron chi connectivity index (χ3n) is 7.76. The van der Waals surface area contributed by atoms with Gasteiger partial charge >= 0.3 is 6.18 Å². The maximum atomic E-state index is 13.7. The Morgan fingerprint density at radius 3 is 2.53 bits per heavy atom. The Hall–Kier alpha value is -4.15. The van der Waals surface area contributed by atoms with E-state index >= 15 is 0 Å². The maximum absolute atomic E-state index is 13.7. The van der Waals surface area contributed by atoms with Gasteiger partial charge in [-0.1, -0.05) is 55.5 Å². The van der Waals surface area contributed by atoms with Crippen LogP contribution in [-0.2, 0) is 30.4 Å². The molecule has 1 fully saturated rings. The molecule has 0 aliphatic carbocycles. The highest BCUT2D eigenvalue weighted by atomic mass is 19.4. The lowest BCUT2D eigenvalue weighted by Crippen LogP contribution is -2.48. The molecule has 1 saturated heterocycles. The van der Waals surface area contributed by atoms with Crippen LogP contribution >= 0.6 is 0 Å². The smallest absolute Gasteiger partial charge is 0.416 e. The molecule has 1 aromatic heterocycles. The Balaban J connectivity index is 1.36. The number of fused-ring (bicyclic) bond motifs is 1. The van der Waals surface area contributed by atoms with Gasteiger partial charge in [0, 0.05) is 37.0 Å². The van der Waals surface area contributed by atoms with Crippen molar-refractivity contribution in [2.24, 2.45) is 0 Å². The summed E-state index contributed by atoms with van der Waals surface area (Å²) in [7, 11) is 0. The van der Waals surface area contributed by atoms with Crippen LogP contribution < -0.4 is 15.5 Å². The molecule has 0 spiro atoms. The number of alkyl halides is 3. The Morgan fingerprint density at radius 2 is 1.84 bits per heavy atom. The number of halogens is 3. The van der Waals surface area contributed by atoms with Gasteiger partial charge in [-0.05, 0) is 54.2 Å². The molecule has 2 amide bonds. The van der Waals surface area contributed by atoms with Gasteiger partial charge in [0.25, 0.3) is 5.91 Å². The van der Waals surface area contributed by atoms with E-state index in [4.69, 9.17) is 4.42 Å². The number of benzene rings is 3. The molecule has 0 unspecified atom stereocenters. The van der Waals surface area contributed by atoms with Crippen molar-refractivity contribution < 1.29 is 32.3 Å². The molecular formula is C33H34F3N3O4. The number of nitrogens with one attached hydrogen (secondary N) is 2. The number of carbonyl (C=O) groups is 2. The summed E-state index contributed by atoms with van der Waals surface area (Å²) < 4.78 is 45.2. The van der Waals surface area contributed by atoms with Gasteiger partial charge in [-0.2, -0.15) is 13.2 Å². The zero-order valence-corrected chi connectivity index (χ0v) is 23.8. The number of nitrogens with zero attached hydrogens (tertiary/aromatic N) is 1.